The molecule has 5 aromatic rings. The van der Waals surface area contributed by atoms with Gasteiger partial charge >= 0.3 is 24.7 Å². The molecule has 5 nitrogen and oxygen atoms in total. The molecule has 0 radical (unpaired) electrons. The van der Waals surface area contributed by atoms with Crippen molar-refractivity contribution in [3.8, 4) is 68.8 Å². The van der Waals surface area contributed by atoms with Crippen LogP contribution in [0.1, 0.15) is 33.5 Å². The second-order valence-corrected chi connectivity index (χ2v) is 12.7. The molecule has 17 heteroatoms. The highest BCUT2D eigenvalue weighted by atomic mass is 19.4. The van der Waals surface area contributed by atoms with E-state index in [9.17, 15) is 60.6 Å². The molecule has 286 valence electrons. The lowest BCUT2D eigenvalue weighted by molar-refractivity contribution is -0.161. The predicted molar refractivity (Wildman–Crippen MR) is 181 cm³/mol. The highest BCUT2D eigenvalue weighted by molar-refractivity contribution is 6.04. The summed E-state index contributed by atoms with van der Waals surface area (Å²) in [4.78, 5) is 4.23. The molecule has 58 heavy (non-hydrogen) atoms. The van der Waals surface area contributed by atoms with Crippen LogP contribution < -0.4 is 21.0 Å². The van der Waals surface area contributed by atoms with Crippen molar-refractivity contribution >= 4 is 23.3 Å². The maximum absolute atomic E-state index is 15.1. The number of fused-ring (bicyclic) bond motifs is 7. The minimum atomic E-state index is -5.89. The SMILES string of the molecule is N#CC(C#N)=c1nc2c(c(-c3cccc(C(F)(F)F)c3C(F)(F)F)c1=C(C#N)C#N)-c1c(-c3cccc(C(F)(F)F)c3C(F)(F)F)cc3c(c1=C2)=Cc1ccccc1-3. The number of aromatic nitrogens is 1. The van der Waals surface area contributed by atoms with E-state index in [0.717, 1.165) is 12.1 Å². The number of alkyl halides is 12. The Balaban J connectivity index is 1.86. The molecule has 0 bridgehead atoms. The summed E-state index contributed by atoms with van der Waals surface area (Å²) in [5.74, 6) is 0. The van der Waals surface area contributed by atoms with E-state index in [1.165, 1.54) is 36.4 Å². The highest BCUT2D eigenvalue weighted by Gasteiger charge is 2.47. The number of nitrogens with zero attached hydrogens (tertiary/aromatic N) is 5. The van der Waals surface area contributed by atoms with Crippen LogP contribution in [0, 0.1) is 45.3 Å². The second-order valence-electron chi connectivity index (χ2n) is 12.7. The van der Waals surface area contributed by atoms with Gasteiger partial charge in [0.1, 0.15) is 35.2 Å². The zero-order chi connectivity index (χ0) is 42.3. The number of halogens is 12. The monoisotopic (exact) mass is 803 g/mol. The van der Waals surface area contributed by atoms with Gasteiger partial charge in [-0.2, -0.15) is 73.7 Å². The van der Waals surface area contributed by atoms with Gasteiger partial charge in [0.25, 0.3) is 0 Å². The summed E-state index contributed by atoms with van der Waals surface area (Å²) in [6, 6.07) is 15.6. The molecule has 0 saturated heterocycles. The third-order valence-corrected chi connectivity index (χ3v) is 9.51. The molecular formula is C41H13F12N5. The molecule has 1 heterocycles. The van der Waals surface area contributed by atoms with Gasteiger partial charge in [0.05, 0.1) is 27.9 Å². The van der Waals surface area contributed by atoms with E-state index in [2.05, 4.69) is 4.98 Å². The average molecular weight is 804 g/mol. The van der Waals surface area contributed by atoms with Gasteiger partial charge in [-0.25, -0.2) is 4.98 Å². The fourth-order valence-corrected chi connectivity index (χ4v) is 7.43. The van der Waals surface area contributed by atoms with Crippen molar-refractivity contribution in [3.63, 3.8) is 0 Å². The third kappa shape index (κ3) is 6.00. The van der Waals surface area contributed by atoms with Crippen LogP contribution in [-0.2, 0) is 24.7 Å². The minimum absolute atomic E-state index is 0.0818. The lowest BCUT2D eigenvalue weighted by Crippen LogP contribution is -2.36. The molecule has 0 unspecified atom stereocenters. The molecule has 0 N–H and O–H groups in total. The number of pyridine rings is 1. The summed E-state index contributed by atoms with van der Waals surface area (Å²) in [6.45, 7) is 0. The van der Waals surface area contributed by atoms with Crippen LogP contribution in [-0.4, -0.2) is 4.98 Å². The van der Waals surface area contributed by atoms with Crippen LogP contribution in [0.25, 0.3) is 67.8 Å². The fraction of sp³-hybridized carbons (Fsp3) is 0.0976. The van der Waals surface area contributed by atoms with Crippen LogP contribution in [0.5, 0.6) is 0 Å². The zero-order valence-corrected chi connectivity index (χ0v) is 28.3. The van der Waals surface area contributed by atoms with Gasteiger partial charge in [0, 0.05) is 21.9 Å². The summed E-state index contributed by atoms with van der Waals surface area (Å²) < 4.78 is 176. The summed E-state index contributed by atoms with van der Waals surface area (Å²) in [6.07, 6.45) is -20.4. The first-order valence-electron chi connectivity index (χ1n) is 16.2. The van der Waals surface area contributed by atoms with E-state index in [-0.39, 0.29) is 28.1 Å². The normalized spacial score (nSPS) is 12.7. The molecule has 2 aliphatic rings. The number of hydrogen-bond donors (Lipinski definition) is 0. The number of hydrogen-bond acceptors (Lipinski definition) is 5. The second kappa shape index (κ2) is 13.1. The van der Waals surface area contributed by atoms with E-state index >= 15 is 13.2 Å². The molecule has 0 fully saturated rings. The van der Waals surface area contributed by atoms with Gasteiger partial charge in [0.2, 0.25) is 0 Å². The smallest absolute Gasteiger partial charge is 0.245 e. The van der Waals surface area contributed by atoms with Crippen molar-refractivity contribution < 1.29 is 52.7 Å². The molecule has 1 aromatic heterocycles. The quantitative estimate of drug-likeness (QED) is 0.163. The first-order valence-corrected chi connectivity index (χ1v) is 16.2. The van der Waals surface area contributed by atoms with Crippen LogP contribution in [0.3, 0.4) is 0 Å². The largest absolute Gasteiger partial charge is 0.417 e. The lowest BCUT2D eigenvalue weighted by atomic mass is 9.83. The summed E-state index contributed by atoms with van der Waals surface area (Å²) in [7, 11) is 0. The van der Waals surface area contributed by atoms with Crippen molar-refractivity contribution in [2.45, 2.75) is 24.7 Å². The van der Waals surface area contributed by atoms with Crippen molar-refractivity contribution in [2.24, 2.45) is 0 Å². The molecule has 0 aliphatic heterocycles. The molecule has 0 amide bonds. The van der Waals surface area contributed by atoms with Crippen LogP contribution in [0.15, 0.2) is 66.7 Å². The molecule has 0 atom stereocenters. The fourth-order valence-electron chi connectivity index (χ4n) is 7.43. The Morgan fingerprint density at radius 3 is 1.52 bits per heavy atom. The van der Waals surface area contributed by atoms with Crippen LogP contribution in [0.4, 0.5) is 52.7 Å². The van der Waals surface area contributed by atoms with Crippen molar-refractivity contribution in [1.29, 1.82) is 21.0 Å². The molecule has 7 rings (SSSR count). The number of benzene rings is 4. The zero-order valence-electron chi connectivity index (χ0n) is 28.3. The first kappa shape index (κ1) is 38.9. The van der Waals surface area contributed by atoms with Crippen LogP contribution in [0.2, 0.25) is 0 Å². The Morgan fingerprint density at radius 2 is 0.983 bits per heavy atom. The van der Waals surface area contributed by atoms with Gasteiger partial charge < -0.3 is 0 Å². The molecule has 4 aromatic carbocycles. The average Bonchev–Trinajstić information content (AvgIpc) is 3.72. The summed E-state index contributed by atoms with van der Waals surface area (Å²) in [5, 5.41) is 38.0. The van der Waals surface area contributed by atoms with Gasteiger partial charge in [-0.05, 0) is 74.2 Å². The van der Waals surface area contributed by atoms with Crippen molar-refractivity contribution in [3.05, 3.63) is 121 Å². The topological polar surface area (TPSA) is 108 Å². The van der Waals surface area contributed by atoms with Crippen LogP contribution >= 0.6 is 0 Å². The Morgan fingerprint density at radius 1 is 0.466 bits per heavy atom. The molecule has 2 aliphatic carbocycles. The van der Waals surface area contributed by atoms with Gasteiger partial charge in [-0.1, -0.05) is 48.5 Å². The Hall–Kier alpha value is -7.37. The lowest BCUT2D eigenvalue weighted by Gasteiger charge is -2.24. The third-order valence-electron chi connectivity index (χ3n) is 9.51. The summed E-state index contributed by atoms with van der Waals surface area (Å²) in [5.41, 5.74) is -16.5. The Bertz CT molecular complexity index is 3070. The van der Waals surface area contributed by atoms with E-state index in [1.807, 2.05) is 0 Å². The van der Waals surface area contributed by atoms with Gasteiger partial charge in [-0.15, -0.1) is 0 Å². The maximum atomic E-state index is 15.1. The van der Waals surface area contributed by atoms with Gasteiger partial charge in [0.15, 0.2) is 5.57 Å². The van der Waals surface area contributed by atoms with Gasteiger partial charge in [-0.3, -0.25) is 0 Å². The van der Waals surface area contributed by atoms with E-state index in [1.54, 1.807) is 18.2 Å². The standard InChI is InChI=1S/C41H13F12N5/c42-38(43,44)28-9-3-7-22(35(28)40(48,49)50)26-12-25-21-6-2-1-5-18(21)11-24(25)27-13-30-34(32(26)27)33(31(19(14-54)15-55)37(58-30)20(16-56)17-57)23-8-4-10-29(39(45,46)47)36(23)41(51,52)53/h1-13H. The van der Waals surface area contributed by atoms with E-state index in [4.69, 9.17) is 0 Å². The Labute approximate surface area is 316 Å². The number of rotatable bonds is 2. The maximum Gasteiger partial charge on any atom is 0.417 e. The van der Waals surface area contributed by atoms with E-state index < -0.39 is 108 Å². The minimum Gasteiger partial charge on any atom is -0.245 e. The first-order chi connectivity index (χ1) is 27.2. The Kier molecular flexibility index (Phi) is 8.79. The molecule has 0 saturated carbocycles. The van der Waals surface area contributed by atoms with E-state index in [0.29, 0.717) is 35.4 Å². The molecular weight excluding hydrogens is 790 g/mol. The molecule has 0 spiro atoms. The predicted octanol–water partition coefficient (Wildman–Crippen LogP) is 8.50. The van der Waals surface area contributed by atoms with Crippen molar-refractivity contribution in [2.75, 3.05) is 0 Å². The van der Waals surface area contributed by atoms with Crippen molar-refractivity contribution in [1.82, 2.24) is 4.98 Å². The number of nitriles is 4. The highest BCUT2D eigenvalue weighted by Crippen LogP contribution is 2.51. The summed E-state index contributed by atoms with van der Waals surface area (Å²) >= 11 is 0.